The zero-order chi connectivity index (χ0) is 13.6. The molecule has 2 N–H and O–H groups in total. The fraction of sp³-hybridized carbons (Fsp3) is 0.364. The molecule has 6 nitrogen and oxygen atoms in total. The minimum atomic E-state index is -3.70. The number of esters is 1. The Labute approximate surface area is 106 Å². The molecule has 0 fully saturated rings. The Morgan fingerprint density at radius 1 is 1.39 bits per heavy atom. The summed E-state index contributed by atoms with van der Waals surface area (Å²) in [6.45, 7) is -0.0457. The summed E-state index contributed by atoms with van der Waals surface area (Å²) in [7, 11) is -2.57. The number of rotatable bonds is 6. The first-order chi connectivity index (χ1) is 8.46. The van der Waals surface area contributed by atoms with Gasteiger partial charge in [-0.3, -0.25) is 4.79 Å². The maximum absolute atomic E-state index is 11.5. The molecule has 0 radical (unpaired) electrons. The highest BCUT2D eigenvalue weighted by molar-refractivity contribution is 7.90. The molecule has 0 aromatic heterocycles. The van der Waals surface area contributed by atoms with Gasteiger partial charge >= 0.3 is 5.97 Å². The zero-order valence-electron chi connectivity index (χ0n) is 9.92. The van der Waals surface area contributed by atoms with Crippen molar-refractivity contribution in [2.24, 2.45) is 0 Å². The lowest BCUT2D eigenvalue weighted by Crippen LogP contribution is -2.30. The number of sulfonamides is 1. The molecule has 100 valence electrons. The molecule has 0 saturated heterocycles. The molecule has 18 heavy (non-hydrogen) atoms. The van der Waals surface area contributed by atoms with Gasteiger partial charge in [-0.05, 0) is 11.1 Å². The predicted octanol–water partition coefficient (Wildman–Crippen LogP) is -0.229. The number of aliphatic hydroxyl groups is 1. The van der Waals surface area contributed by atoms with Crippen molar-refractivity contribution in [3.8, 4) is 0 Å². The Bertz CT molecular complexity index is 512. The molecular formula is C11H15NO5S. The van der Waals surface area contributed by atoms with Crippen LogP contribution < -0.4 is 4.72 Å². The van der Waals surface area contributed by atoms with Gasteiger partial charge < -0.3 is 9.84 Å². The predicted molar refractivity (Wildman–Crippen MR) is 65.0 cm³/mol. The lowest BCUT2D eigenvalue weighted by atomic mass is 10.1. The van der Waals surface area contributed by atoms with Crippen molar-refractivity contribution >= 4 is 16.0 Å². The monoisotopic (exact) mass is 273 g/mol. The lowest BCUT2D eigenvalue weighted by Gasteiger charge is -2.06. The van der Waals surface area contributed by atoms with Gasteiger partial charge in [0.1, 0.15) is 0 Å². The number of nitrogens with one attached hydrogen (secondary N) is 1. The first kappa shape index (κ1) is 14.6. The van der Waals surface area contributed by atoms with Crippen LogP contribution in [0.1, 0.15) is 11.1 Å². The molecule has 0 atom stereocenters. The fourth-order valence-electron chi connectivity index (χ4n) is 1.30. The third-order valence-electron chi connectivity index (χ3n) is 2.21. The average molecular weight is 273 g/mol. The second-order valence-corrected chi connectivity index (χ2v) is 5.44. The molecule has 0 unspecified atom stereocenters. The molecule has 0 bridgehead atoms. The van der Waals surface area contributed by atoms with Crippen molar-refractivity contribution < 1.29 is 23.1 Å². The Morgan fingerprint density at radius 3 is 2.67 bits per heavy atom. The number of carbonyl (C=O) groups excluding carboxylic acids is 1. The van der Waals surface area contributed by atoms with E-state index in [9.17, 15) is 13.2 Å². The van der Waals surface area contributed by atoms with E-state index in [2.05, 4.69) is 9.46 Å². The van der Waals surface area contributed by atoms with Crippen molar-refractivity contribution in [1.82, 2.24) is 4.72 Å². The SMILES string of the molecule is COC(=O)CS(=O)(=O)NCc1cccc(CO)c1. The second kappa shape index (κ2) is 6.48. The number of hydrogen-bond donors (Lipinski definition) is 2. The van der Waals surface area contributed by atoms with Crippen molar-refractivity contribution in [2.45, 2.75) is 13.2 Å². The summed E-state index contributed by atoms with van der Waals surface area (Å²) in [4.78, 5) is 10.9. The van der Waals surface area contributed by atoms with Crippen molar-refractivity contribution in [3.63, 3.8) is 0 Å². The van der Waals surface area contributed by atoms with Gasteiger partial charge in [0.05, 0.1) is 13.7 Å². The first-order valence-corrected chi connectivity index (χ1v) is 6.85. The van der Waals surface area contributed by atoms with Gasteiger partial charge in [-0.25, -0.2) is 13.1 Å². The van der Waals surface area contributed by atoms with E-state index in [0.717, 1.165) is 7.11 Å². The number of hydrogen-bond acceptors (Lipinski definition) is 5. The summed E-state index contributed by atoms with van der Waals surface area (Å²) in [5.41, 5.74) is 1.40. The minimum absolute atomic E-state index is 0.0627. The van der Waals surface area contributed by atoms with E-state index in [4.69, 9.17) is 5.11 Å². The molecule has 0 aliphatic carbocycles. The molecule has 1 aromatic carbocycles. The van der Waals surface area contributed by atoms with E-state index in [1.807, 2.05) is 0 Å². The number of ether oxygens (including phenoxy) is 1. The molecule has 7 heteroatoms. The quantitative estimate of drug-likeness (QED) is 0.698. The van der Waals surface area contributed by atoms with Gasteiger partial charge in [-0.2, -0.15) is 0 Å². The van der Waals surface area contributed by atoms with E-state index >= 15 is 0 Å². The number of methoxy groups -OCH3 is 1. The van der Waals surface area contributed by atoms with Crippen LogP contribution in [-0.4, -0.2) is 32.4 Å². The molecule has 0 aliphatic rings. The zero-order valence-corrected chi connectivity index (χ0v) is 10.7. The fourth-order valence-corrected chi connectivity index (χ4v) is 2.21. The Balaban J connectivity index is 2.61. The maximum atomic E-state index is 11.5. The Kier molecular flexibility index (Phi) is 5.26. The summed E-state index contributed by atoms with van der Waals surface area (Å²) >= 11 is 0. The van der Waals surface area contributed by atoms with Crippen LogP contribution in [-0.2, 0) is 32.7 Å². The minimum Gasteiger partial charge on any atom is -0.468 e. The second-order valence-electron chi connectivity index (χ2n) is 3.63. The third kappa shape index (κ3) is 4.82. The summed E-state index contributed by atoms with van der Waals surface area (Å²) in [6.07, 6.45) is 0. The van der Waals surface area contributed by atoms with Crippen LogP contribution in [0, 0.1) is 0 Å². The maximum Gasteiger partial charge on any atom is 0.322 e. The van der Waals surface area contributed by atoms with Crippen LogP contribution in [0.2, 0.25) is 0 Å². The van der Waals surface area contributed by atoms with Crippen LogP contribution in [0.4, 0.5) is 0 Å². The van der Waals surface area contributed by atoms with Gasteiger partial charge in [0.2, 0.25) is 10.0 Å². The van der Waals surface area contributed by atoms with Crippen LogP contribution in [0.5, 0.6) is 0 Å². The Hall–Kier alpha value is -1.44. The number of carbonyl (C=O) groups is 1. The highest BCUT2D eigenvalue weighted by Crippen LogP contribution is 2.05. The first-order valence-electron chi connectivity index (χ1n) is 5.19. The largest absolute Gasteiger partial charge is 0.468 e. The third-order valence-corrected chi connectivity index (χ3v) is 3.41. The van der Waals surface area contributed by atoms with E-state index in [-0.39, 0.29) is 13.2 Å². The van der Waals surface area contributed by atoms with Crippen LogP contribution >= 0.6 is 0 Å². The highest BCUT2D eigenvalue weighted by atomic mass is 32.2. The van der Waals surface area contributed by atoms with Crippen LogP contribution in [0.15, 0.2) is 24.3 Å². The van der Waals surface area contributed by atoms with E-state index in [0.29, 0.717) is 11.1 Å². The smallest absolute Gasteiger partial charge is 0.322 e. The molecular weight excluding hydrogens is 258 g/mol. The molecule has 1 aromatic rings. The van der Waals surface area contributed by atoms with Gasteiger partial charge in [-0.1, -0.05) is 24.3 Å². The lowest BCUT2D eigenvalue weighted by molar-refractivity contribution is -0.137. The Morgan fingerprint density at radius 2 is 2.06 bits per heavy atom. The summed E-state index contributed by atoms with van der Waals surface area (Å²) in [5, 5.41) is 8.94. The van der Waals surface area contributed by atoms with Gasteiger partial charge in [0, 0.05) is 6.54 Å². The number of benzene rings is 1. The van der Waals surface area contributed by atoms with Gasteiger partial charge in [-0.15, -0.1) is 0 Å². The number of aliphatic hydroxyl groups excluding tert-OH is 1. The molecule has 0 heterocycles. The van der Waals surface area contributed by atoms with Crippen LogP contribution in [0.25, 0.3) is 0 Å². The van der Waals surface area contributed by atoms with E-state index < -0.39 is 21.7 Å². The van der Waals surface area contributed by atoms with Gasteiger partial charge in [0.25, 0.3) is 0 Å². The summed E-state index contributed by atoms with van der Waals surface area (Å²) < 4.78 is 29.5. The molecule has 0 amide bonds. The van der Waals surface area contributed by atoms with Crippen LogP contribution in [0.3, 0.4) is 0 Å². The van der Waals surface area contributed by atoms with Crippen molar-refractivity contribution in [1.29, 1.82) is 0 Å². The van der Waals surface area contributed by atoms with E-state index in [1.165, 1.54) is 0 Å². The highest BCUT2D eigenvalue weighted by Gasteiger charge is 2.16. The van der Waals surface area contributed by atoms with E-state index in [1.54, 1.807) is 24.3 Å². The summed E-state index contributed by atoms with van der Waals surface area (Å²) in [6, 6.07) is 6.85. The molecule has 0 spiro atoms. The normalized spacial score (nSPS) is 11.2. The molecule has 0 saturated carbocycles. The topological polar surface area (TPSA) is 92.7 Å². The van der Waals surface area contributed by atoms with Crippen molar-refractivity contribution in [3.05, 3.63) is 35.4 Å². The average Bonchev–Trinajstić information content (AvgIpc) is 2.36. The standard InChI is InChI=1S/C11H15NO5S/c1-17-11(14)8-18(15,16)12-6-9-3-2-4-10(5-9)7-13/h2-5,12-13H,6-8H2,1H3. The molecule has 1 rings (SSSR count). The van der Waals surface area contributed by atoms with Gasteiger partial charge in [0.15, 0.2) is 5.75 Å². The summed E-state index contributed by atoms with van der Waals surface area (Å²) in [5.74, 6) is -1.52. The molecule has 0 aliphatic heterocycles. The van der Waals surface area contributed by atoms with Crippen molar-refractivity contribution in [2.75, 3.05) is 12.9 Å².